The van der Waals surface area contributed by atoms with Gasteiger partial charge in [0.2, 0.25) is 5.95 Å². The number of aryl methyl sites for hydroxylation is 1. The minimum absolute atomic E-state index is 0.123. The van der Waals surface area contributed by atoms with Gasteiger partial charge in [-0.05, 0) is 25.3 Å². The van der Waals surface area contributed by atoms with E-state index in [-0.39, 0.29) is 5.78 Å². The molecule has 0 atom stereocenters. The molecule has 0 spiro atoms. The first kappa shape index (κ1) is 12.4. The maximum absolute atomic E-state index is 11.9. The van der Waals surface area contributed by atoms with Gasteiger partial charge < -0.3 is 10.3 Å². The van der Waals surface area contributed by atoms with Gasteiger partial charge >= 0.3 is 0 Å². The monoisotopic (exact) mass is 267 g/mol. The van der Waals surface area contributed by atoms with Gasteiger partial charge in [-0.1, -0.05) is 0 Å². The fourth-order valence-corrected chi connectivity index (χ4v) is 2.27. The van der Waals surface area contributed by atoms with Gasteiger partial charge in [0.15, 0.2) is 5.78 Å². The van der Waals surface area contributed by atoms with Crippen molar-refractivity contribution in [3.63, 3.8) is 0 Å². The van der Waals surface area contributed by atoms with Crippen molar-refractivity contribution in [2.75, 3.05) is 5.32 Å². The Balaban J connectivity index is 1.86. The minimum atomic E-state index is 0.123. The third-order valence-corrected chi connectivity index (χ3v) is 3.30. The summed E-state index contributed by atoms with van der Waals surface area (Å²) in [6.45, 7) is 0. The highest BCUT2D eigenvalue weighted by atomic mass is 16.1. The fraction of sp³-hybridized carbons (Fsp3) is 0.286. The second kappa shape index (κ2) is 5.13. The quantitative estimate of drug-likeness (QED) is 0.814. The van der Waals surface area contributed by atoms with Gasteiger partial charge in [0.25, 0.3) is 0 Å². The van der Waals surface area contributed by atoms with E-state index in [1.54, 1.807) is 18.5 Å². The van der Waals surface area contributed by atoms with Gasteiger partial charge in [0.1, 0.15) is 11.8 Å². The van der Waals surface area contributed by atoms with Gasteiger partial charge in [-0.25, -0.2) is 9.97 Å². The molecule has 2 aromatic rings. The molecule has 0 amide bonds. The molecule has 0 aliphatic heterocycles. The zero-order valence-electron chi connectivity index (χ0n) is 10.8. The number of nitriles is 1. The summed E-state index contributed by atoms with van der Waals surface area (Å²) in [7, 11) is 0. The second-order valence-electron chi connectivity index (χ2n) is 4.72. The lowest BCUT2D eigenvalue weighted by molar-refractivity contribution is 0.0981. The predicted molar refractivity (Wildman–Crippen MR) is 72.7 cm³/mol. The molecular weight excluding hydrogens is 254 g/mol. The van der Waals surface area contributed by atoms with Crippen molar-refractivity contribution in [1.82, 2.24) is 15.0 Å². The van der Waals surface area contributed by atoms with E-state index >= 15 is 0 Å². The van der Waals surface area contributed by atoms with Gasteiger partial charge in [-0.15, -0.1) is 0 Å². The summed E-state index contributed by atoms with van der Waals surface area (Å²) in [5.74, 6) is 0.569. The summed E-state index contributed by atoms with van der Waals surface area (Å²) in [5.41, 5.74) is 2.64. The van der Waals surface area contributed by atoms with Crippen molar-refractivity contribution in [3.05, 3.63) is 35.4 Å². The number of carbonyl (C=O) groups is 1. The molecule has 0 radical (unpaired) electrons. The molecule has 0 saturated heterocycles. The zero-order chi connectivity index (χ0) is 13.9. The van der Waals surface area contributed by atoms with Crippen LogP contribution in [0.4, 0.5) is 11.6 Å². The van der Waals surface area contributed by atoms with Crippen molar-refractivity contribution < 1.29 is 4.79 Å². The molecule has 1 aliphatic carbocycles. The summed E-state index contributed by atoms with van der Waals surface area (Å²) in [5, 5.41) is 11.8. The van der Waals surface area contributed by atoms with Crippen LogP contribution in [0, 0.1) is 11.3 Å². The van der Waals surface area contributed by atoms with E-state index in [0.717, 1.165) is 30.6 Å². The molecule has 0 fully saturated rings. The lowest BCUT2D eigenvalue weighted by atomic mass is 10.1. The number of nitrogens with zero attached hydrogens (tertiary/aromatic N) is 3. The number of ketones is 1. The number of rotatable bonds is 2. The third kappa shape index (κ3) is 2.38. The molecule has 1 aliphatic rings. The van der Waals surface area contributed by atoms with E-state index in [1.807, 2.05) is 6.07 Å². The fourth-order valence-electron chi connectivity index (χ4n) is 2.27. The topological polar surface area (TPSA) is 94.5 Å². The highest BCUT2D eigenvalue weighted by Gasteiger charge is 2.17. The van der Waals surface area contributed by atoms with Crippen LogP contribution in [-0.2, 0) is 6.42 Å². The van der Waals surface area contributed by atoms with Crippen LogP contribution >= 0.6 is 0 Å². The van der Waals surface area contributed by atoms with Crippen LogP contribution in [0.25, 0.3) is 0 Å². The number of hydrogen-bond donors (Lipinski definition) is 2. The van der Waals surface area contributed by atoms with Crippen molar-refractivity contribution in [2.45, 2.75) is 25.7 Å². The van der Waals surface area contributed by atoms with E-state index < -0.39 is 0 Å². The van der Waals surface area contributed by atoms with Crippen LogP contribution in [0.15, 0.2) is 18.5 Å². The first-order valence-electron chi connectivity index (χ1n) is 6.51. The van der Waals surface area contributed by atoms with Gasteiger partial charge in [-0.3, -0.25) is 4.79 Å². The second-order valence-corrected chi connectivity index (χ2v) is 4.72. The number of anilines is 2. The third-order valence-electron chi connectivity index (χ3n) is 3.30. The lowest BCUT2D eigenvalue weighted by Crippen LogP contribution is -2.06. The summed E-state index contributed by atoms with van der Waals surface area (Å²) in [6.07, 6.45) is 6.52. The van der Waals surface area contributed by atoms with Crippen molar-refractivity contribution in [2.24, 2.45) is 0 Å². The highest BCUT2D eigenvalue weighted by Crippen LogP contribution is 2.21. The molecule has 6 nitrogen and oxygen atoms in total. The first-order chi connectivity index (χ1) is 9.76. The number of hydrogen-bond acceptors (Lipinski definition) is 5. The van der Waals surface area contributed by atoms with Gasteiger partial charge in [0.05, 0.1) is 16.9 Å². The average molecular weight is 267 g/mol. The maximum Gasteiger partial charge on any atom is 0.227 e. The Hall–Kier alpha value is -2.68. The van der Waals surface area contributed by atoms with Crippen molar-refractivity contribution in [1.29, 1.82) is 5.26 Å². The number of aromatic amines is 1. The number of nitrogens with one attached hydrogen (secondary N) is 2. The molecular formula is C14H13N5O. The van der Waals surface area contributed by atoms with Crippen molar-refractivity contribution in [3.8, 4) is 6.07 Å². The van der Waals surface area contributed by atoms with E-state index in [2.05, 4.69) is 20.3 Å². The summed E-state index contributed by atoms with van der Waals surface area (Å²) < 4.78 is 0. The molecule has 0 aromatic carbocycles. The molecule has 2 N–H and O–H groups in total. The van der Waals surface area contributed by atoms with Gasteiger partial charge in [0, 0.05) is 18.8 Å². The molecule has 0 bridgehead atoms. The van der Waals surface area contributed by atoms with E-state index in [0.29, 0.717) is 23.6 Å². The standard InChI is InChI=1S/C14H13N5O/c15-6-9-5-10(7-16-9)18-14-17-8-11-12(19-14)3-1-2-4-13(11)20/h5,7-8,16H,1-4H2,(H,17,18,19). The van der Waals surface area contributed by atoms with E-state index in [4.69, 9.17) is 5.26 Å². The molecule has 3 rings (SSSR count). The molecule has 0 unspecified atom stereocenters. The number of carbonyl (C=O) groups excluding carboxylic acids is 1. The Morgan fingerprint density at radius 3 is 3.00 bits per heavy atom. The van der Waals surface area contributed by atoms with Gasteiger partial charge in [-0.2, -0.15) is 5.26 Å². The lowest BCUT2D eigenvalue weighted by Gasteiger charge is -2.06. The molecule has 2 aromatic heterocycles. The number of Topliss-reactive ketones (excluding diaryl/α,β-unsaturated/α-hetero) is 1. The molecule has 0 saturated carbocycles. The Bertz CT molecular complexity index is 698. The predicted octanol–water partition coefficient (Wildman–Crippen LogP) is 2.33. The SMILES string of the molecule is N#Cc1cc(Nc2ncc3c(n2)CCCCC3=O)c[nH]1. The largest absolute Gasteiger partial charge is 0.351 e. The van der Waals surface area contributed by atoms with E-state index in [9.17, 15) is 4.79 Å². The molecule has 2 heterocycles. The Morgan fingerprint density at radius 1 is 1.35 bits per heavy atom. The number of aromatic nitrogens is 3. The Morgan fingerprint density at radius 2 is 2.20 bits per heavy atom. The van der Waals surface area contributed by atoms with Crippen LogP contribution in [0.1, 0.15) is 41.0 Å². The van der Waals surface area contributed by atoms with Crippen LogP contribution in [0.5, 0.6) is 0 Å². The average Bonchev–Trinajstić information content (AvgIpc) is 2.83. The van der Waals surface area contributed by atoms with Crippen LogP contribution in [0.2, 0.25) is 0 Å². The molecule has 20 heavy (non-hydrogen) atoms. The summed E-state index contributed by atoms with van der Waals surface area (Å²) in [4.78, 5) is 23.3. The molecule has 6 heteroatoms. The summed E-state index contributed by atoms with van der Waals surface area (Å²) in [6, 6.07) is 3.70. The maximum atomic E-state index is 11.9. The number of fused-ring (bicyclic) bond motifs is 1. The van der Waals surface area contributed by atoms with Crippen LogP contribution < -0.4 is 5.32 Å². The van der Waals surface area contributed by atoms with Crippen molar-refractivity contribution >= 4 is 17.4 Å². The van der Waals surface area contributed by atoms with Crippen LogP contribution in [0.3, 0.4) is 0 Å². The highest BCUT2D eigenvalue weighted by molar-refractivity contribution is 5.97. The number of H-pyrrole nitrogens is 1. The Labute approximate surface area is 115 Å². The minimum Gasteiger partial charge on any atom is -0.351 e. The molecule has 100 valence electrons. The smallest absolute Gasteiger partial charge is 0.227 e. The van der Waals surface area contributed by atoms with E-state index in [1.165, 1.54) is 0 Å². The van der Waals surface area contributed by atoms with Crippen LogP contribution in [-0.4, -0.2) is 20.7 Å². The summed E-state index contributed by atoms with van der Waals surface area (Å²) >= 11 is 0. The normalized spacial score (nSPS) is 14.2. The zero-order valence-corrected chi connectivity index (χ0v) is 10.8. The Kier molecular flexibility index (Phi) is 3.17. The first-order valence-corrected chi connectivity index (χ1v) is 6.51.